The van der Waals surface area contributed by atoms with E-state index in [-0.39, 0.29) is 24.2 Å². The van der Waals surface area contributed by atoms with Gasteiger partial charge in [0.25, 0.3) is 0 Å². The van der Waals surface area contributed by atoms with Crippen LogP contribution in [0.1, 0.15) is 28.8 Å². The number of rotatable bonds is 5. The first kappa shape index (κ1) is 19.9. The maximum Gasteiger partial charge on any atom is 0.338 e. The molecule has 6 nitrogen and oxygen atoms in total. The van der Waals surface area contributed by atoms with Crippen molar-refractivity contribution in [2.24, 2.45) is 0 Å². The van der Waals surface area contributed by atoms with E-state index in [9.17, 15) is 13.2 Å². The Kier molecular flexibility index (Phi) is 7.47. The topological polar surface area (TPSA) is 75.7 Å². The van der Waals surface area contributed by atoms with Crippen LogP contribution < -0.4 is 5.32 Å². The quantitative estimate of drug-likeness (QED) is 0.801. The number of carbonyl (C=O) groups is 1. The van der Waals surface area contributed by atoms with Gasteiger partial charge in [0.1, 0.15) is 0 Å². The molecule has 0 aliphatic carbocycles. The number of ether oxygens (including phenoxy) is 1. The van der Waals surface area contributed by atoms with Crippen molar-refractivity contribution in [1.29, 1.82) is 0 Å². The highest BCUT2D eigenvalue weighted by Gasteiger charge is 2.28. The summed E-state index contributed by atoms with van der Waals surface area (Å²) in [6.45, 7) is 1.65. The smallest absolute Gasteiger partial charge is 0.338 e. The molecule has 1 aromatic carbocycles. The number of methoxy groups -OCH3 is 1. The molecule has 0 bridgehead atoms. The van der Waals surface area contributed by atoms with Crippen molar-refractivity contribution in [3.63, 3.8) is 0 Å². The Morgan fingerprint density at radius 3 is 2.52 bits per heavy atom. The molecule has 1 heterocycles. The van der Waals surface area contributed by atoms with Crippen molar-refractivity contribution in [2.45, 2.75) is 24.6 Å². The molecule has 0 amide bonds. The Hall–Kier alpha value is -1.15. The number of benzene rings is 1. The molecule has 1 saturated heterocycles. The summed E-state index contributed by atoms with van der Waals surface area (Å²) >= 11 is 0. The number of esters is 1. The lowest BCUT2D eigenvalue weighted by Gasteiger charge is -2.31. The molecule has 1 aliphatic heterocycles. The highest BCUT2D eigenvalue weighted by molar-refractivity contribution is 7.88. The van der Waals surface area contributed by atoms with Gasteiger partial charge in [0.2, 0.25) is 10.0 Å². The minimum Gasteiger partial charge on any atom is -0.465 e. The molecule has 0 spiro atoms. The van der Waals surface area contributed by atoms with E-state index in [4.69, 9.17) is 4.74 Å². The fraction of sp³-hybridized carbons (Fsp3) is 0.533. The molecular formula is C15H23ClN2O4S. The first-order valence-corrected chi connectivity index (χ1v) is 8.89. The molecule has 1 aliphatic rings. The Morgan fingerprint density at radius 1 is 1.30 bits per heavy atom. The van der Waals surface area contributed by atoms with Crippen molar-refractivity contribution in [2.75, 3.05) is 27.2 Å². The van der Waals surface area contributed by atoms with E-state index in [2.05, 4.69) is 5.32 Å². The van der Waals surface area contributed by atoms with E-state index >= 15 is 0 Å². The fourth-order valence-electron chi connectivity index (χ4n) is 2.65. The summed E-state index contributed by atoms with van der Waals surface area (Å²) in [5.41, 5.74) is 0.766. The fourth-order valence-corrected chi connectivity index (χ4v) is 4.16. The summed E-state index contributed by atoms with van der Waals surface area (Å²) in [6.07, 6.45) is 1.60. The maximum absolute atomic E-state index is 12.6. The van der Waals surface area contributed by atoms with Gasteiger partial charge >= 0.3 is 5.97 Å². The molecule has 0 unspecified atom stereocenters. The predicted molar refractivity (Wildman–Crippen MR) is 91.3 cm³/mol. The highest BCUT2D eigenvalue weighted by Crippen LogP contribution is 2.20. The van der Waals surface area contributed by atoms with E-state index in [0.717, 1.165) is 25.9 Å². The SMILES string of the molecule is COC(=O)c1ccccc1CS(=O)(=O)N(C)C1CCNCC1.Cl. The van der Waals surface area contributed by atoms with Crippen LogP contribution in [-0.2, 0) is 20.5 Å². The van der Waals surface area contributed by atoms with Crippen LogP contribution in [0, 0.1) is 0 Å². The van der Waals surface area contributed by atoms with E-state index in [1.807, 2.05) is 0 Å². The lowest BCUT2D eigenvalue weighted by atomic mass is 10.1. The molecular weight excluding hydrogens is 340 g/mol. The van der Waals surface area contributed by atoms with Crippen LogP contribution in [0.4, 0.5) is 0 Å². The van der Waals surface area contributed by atoms with Gasteiger partial charge < -0.3 is 10.1 Å². The molecule has 23 heavy (non-hydrogen) atoms. The van der Waals surface area contributed by atoms with Crippen LogP contribution in [0.3, 0.4) is 0 Å². The van der Waals surface area contributed by atoms with Gasteiger partial charge in [0.15, 0.2) is 0 Å². The maximum atomic E-state index is 12.6. The summed E-state index contributed by atoms with van der Waals surface area (Å²) in [7, 11) is -0.576. The Labute approximate surface area is 143 Å². The predicted octanol–water partition coefficient (Wildman–Crippen LogP) is 1.41. The van der Waals surface area contributed by atoms with Crippen molar-refractivity contribution >= 4 is 28.4 Å². The van der Waals surface area contributed by atoms with Gasteiger partial charge in [-0.2, -0.15) is 0 Å². The van der Waals surface area contributed by atoms with Gasteiger partial charge in [-0.25, -0.2) is 17.5 Å². The molecule has 0 atom stereocenters. The number of hydrogen-bond donors (Lipinski definition) is 1. The Bertz CT molecular complexity index is 630. The van der Waals surface area contributed by atoms with Gasteiger partial charge in [0.05, 0.1) is 18.4 Å². The largest absolute Gasteiger partial charge is 0.465 e. The van der Waals surface area contributed by atoms with Gasteiger partial charge in [-0.3, -0.25) is 0 Å². The van der Waals surface area contributed by atoms with Gasteiger partial charge in [-0.05, 0) is 37.6 Å². The Morgan fingerprint density at radius 2 is 1.91 bits per heavy atom. The average molecular weight is 363 g/mol. The number of carbonyl (C=O) groups excluding carboxylic acids is 1. The van der Waals surface area contributed by atoms with E-state index in [0.29, 0.717) is 11.1 Å². The molecule has 1 aromatic rings. The summed E-state index contributed by atoms with van der Waals surface area (Å²) in [4.78, 5) is 11.8. The third-order valence-corrected chi connectivity index (χ3v) is 5.87. The van der Waals surface area contributed by atoms with Crippen molar-refractivity contribution in [3.05, 3.63) is 35.4 Å². The molecule has 1 N–H and O–H groups in total. The number of sulfonamides is 1. The number of hydrogen-bond acceptors (Lipinski definition) is 5. The lowest BCUT2D eigenvalue weighted by Crippen LogP contribution is -2.44. The summed E-state index contributed by atoms with van der Waals surface area (Å²) in [5.74, 6) is -0.714. The summed E-state index contributed by atoms with van der Waals surface area (Å²) in [5, 5.41) is 3.22. The van der Waals surface area contributed by atoms with E-state index < -0.39 is 16.0 Å². The number of piperidine rings is 1. The van der Waals surface area contributed by atoms with Crippen LogP contribution >= 0.6 is 12.4 Å². The minimum atomic E-state index is -3.48. The number of nitrogens with one attached hydrogen (secondary N) is 1. The first-order chi connectivity index (χ1) is 10.5. The highest BCUT2D eigenvalue weighted by atomic mass is 35.5. The molecule has 0 radical (unpaired) electrons. The molecule has 0 aromatic heterocycles. The van der Waals surface area contributed by atoms with Gasteiger partial charge in [-0.1, -0.05) is 18.2 Å². The molecule has 8 heteroatoms. The molecule has 2 rings (SSSR count). The Balaban J connectivity index is 0.00000264. The normalized spacial score (nSPS) is 16.0. The zero-order valence-corrected chi connectivity index (χ0v) is 15.0. The van der Waals surface area contributed by atoms with Crippen LogP contribution in [-0.4, -0.2) is 52.0 Å². The third-order valence-electron chi connectivity index (χ3n) is 4.02. The van der Waals surface area contributed by atoms with E-state index in [1.165, 1.54) is 11.4 Å². The average Bonchev–Trinajstić information content (AvgIpc) is 2.54. The monoisotopic (exact) mass is 362 g/mol. The van der Waals surface area contributed by atoms with Crippen LogP contribution in [0.25, 0.3) is 0 Å². The second-order valence-electron chi connectivity index (χ2n) is 5.40. The second kappa shape index (κ2) is 8.63. The number of nitrogens with zero attached hydrogens (tertiary/aromatic N) is 1. The van der Waals surface area contributed by atoms with Gasteiger partial charge in [0, 0.05) is 13.1 Å². The lowest BCUT2D eigenvalue weighted by molar-refractivity contribution is 0.0600. The zero-order valence-electron chi connectivity index (χ0n) is 13.3. The van der Waals surface area contributed by atoms with Crippen molar-refractivity contribution in [1.82, 2.24) is 9.62 Å². The van der Waals surface area contributed by atoms with Crippen LogP contribution in [0.2, 0.25) is 0 Å². The van der Waals surface area contributed by atoms with Crippen molar-refractivity contribution < 1.29 is 17.9 Å². The minimum absolute atomic E-state index is 0. The molecule has 0 saturated carbocycles. The zero-order chi connectivity index (χ0) is 16.2. The van der Waals surface area contributed by atoms with Crippen LogP contribution in [0.15, 0.2) is 24.3 Å². The number of halogens is 1. The molecule has 130 valence electrons. The summed E-state index contributed by atoms with van der Waals surface area (Å²) < 4.78 is 31.4. The standard InChI is InChI=1S/C15H22N2O4S.ClH/c1-17(13-7-9-16-10-8-13)22(19,20)11-12-5-3-4-6-14(12)15(18)21-2;/h3-6,13,16H,7-11H2,1-2H3;1H. The van der Waals surface area contributed by atoms with E-state index in [1.54, 1.807) is 31.3 Å². The summed E-state index contributed by atoms with van der Waals surface area (Å²) in [6, 6.07) is 6.67. The third kappa shape index (κ3) is 4.91. The molecule has 1 fully saturated rings. The second-order valence-corrected chi connectivity index (χ2v) is 7.43. The van der Waals surface area contributed by atoms with Gasteiger partial charge in [-0.15, -0.1) is 12.4 Å². The van der Waals surface area contributed by atoms with Crippen LogP contribution in [0.5, 0.6) is 0 Å². The van der Waals surface area contributed by atoms with Crippen molar-refractivity contribution in [3.8, 4) is 0 Å². The first-order valence-electron chi connectivity index (χ1n) is 7.28.